The van der Waals surface area contributed by atoms with Gasteiger partial charge in [0.25, 0.3) is 0 Å². The number of carbonyl (C=O) groups is 2. The summed E-state index contributed by atoms with van der Waals surface area (Å²) in [5.41, 5.74) is 2.40. The van der Waals surface area contributed by atoms with Crippen LogP contribution in [0.15, 0.2) is 60.3 Å². The van der Waals surface area contributed by atoms with E-state index in [1.807, 2.05) is 44.4 Å². The SMILES string of the molecule is CN(C)C=C1C(=O)c2ccc(Cl)cc2NC(=O)C1Cc1ccccc1. The summed E-state index contributed by atoms with van der Waals surface area (Å²) in [4.78, 5) is 27.8. The fourth-order valence-corrected chi connectivity index (χ4v) is 3.14. The molecule has 0 spiro atoms. The molecular weight excluding hydrogens is 336 g/mol. The van der Waals surface area contributed by atoms with Gasteiger partial charge in [-0.1, -0.05) is 41.9 Å². The summed E-state index contributed by atoms with van der Waals surface area (Å²) in [6, 6.07) is 14.6. The molecule has 4 nitrogen and oxygen atoms in total. The van der Waals surface area contributed by atoms with E-state index in [0.717, 1.165) is 5.56 Å². The van der Waals surface area contributed by atoms with Crippen LogP contribution in [0.5, 0.6) is 0 Å². The molecule has 3 rings (SSSR count). The van der Waals surface area contributed by atoms with Gasteiger partial charge in [-0.25, -0.2) is 0 Å². The van der Waals surface area contributed by atoms with Gasteiger partial charge in [-0.15, -0.1) is 0 Å². The molecule has 0 saturated carbocycles. The lowest BCUT2D eigenvalue weighted by atomic mass is 9.88. The van der Waals surface area contributed by atoms with Gasteiger partial charge in [-0.3, -0.25) is 9.59 Å². The lowest BCUT2D eigenvalue weighted by molar-refractivity contribution is -0.118. The molecule has 128 valence electrons. The number of carbonyl (C=O) groups excluding carboxylic acids is 2. The van der Waals surface area contributed by atoms with Gasteiger partial charge in [-0.05, 0) is 30.2 Å². The molecule has 2 aromatic carbocycles. The maximum atomic E-state index is 13.1. The fraction of sp³-hybridized carbons (Fsp3) is 0.200. The van der Waals surface area contributed by atoms with Gasteiger partial charge in [0, 0.05) is 36.5 Å². The van der Waals surface area contributed by atoms with Gasteiger partial charge in [0.2, 0.25) is 5.91 Å². The topological polar surface area (TPSA) is 49.4 Å². The van der Waals surface area contributed by atoms with Crippen molar-refractivity contribution in [3.63, 3.8) is 0 Å². The van der Waals surface area contributed by atoms with Crippen LogP contribution in [0.25, 0.3) is 0 Å². The van der Waals surface area contributed by atoms with Crippen LogP contribution in [0.2, 0.25) is 5.02 Å². The van der Waals surface area contributed by atoms with E-state index in [9.17, 15) is 9.59 Å². The Kier molecular flexibility index (Phi) is 4.91. The van der Waals surface area contributed by atoms with Gasteiger partial charge in [0.15, 0.2) is 5.78 Å². The van der Waals surface area contributed by atoms with E-state index < -0.39 is 5.92 Å². The third-order valence-electron chi connectivity index (χ3n) is 4.12. The van der Waals surface area contributed by atoms with Gasteiger partial charge in [0.1, 0.15) is 0 Å². The molecule has 1 unspecified atom stereocenters. The molecule has 1 heterocycles. The highest BCUT2D eigenvalue weighted by Crippen LogP contribution is 2.32. The van der Waals surface area contributed by atoms with Crippen molar-refractivity contribution >= 4 is 29.0 Å². The minimum absolute atomic E-state index is 0.153. The average Bonchev–Trinajstić information content (AvgIpc) is 2.66. The van der Waals surface area contributed by atoms with Crippen molar-refractivity contribution in [3.05, 3.63) is 76.5 Å². The number of halogens is 1. The predicted molar refractivity (Wildman–Crippen MR) is 99.8 cm³/mol. The van der Waals surface area contributed by atoms with E-state index in [-0.39, 0.29) is 11.7 Å². The Balaban J connectivity index is 2.08. The van der Waals surface area contributed by atoms with E-state index in [2.05, 4.69) is 5.32 Å². The number of ketones is 1. The highest BCUT2D eigenvalue weighted by Gasteiger charge is 2.33. The zero-order valence-corrected chi connectivity index (χ0v) is 14.9. The number of anilines is 1. The van der Waals surface area contributed by atoms with Crippen LogP contribution in [0, 0.1) is 5.92 Å². The van der Waals surface area contributed by atoms with Crippen molar-refractivity contribution in [3.8, 4) is 0 Å². The largest absolute Gasteiger partial charge is 0.383 e. The number of rotatable bonds is 3. The molecule has 1 N–H and O–H groups in total. The first-order valence-electron chi connectivity index (χ1n) is 8.03. The summed E-state index contributed by atoms with van der Waals surface area (Å²) in [6.45, 7) is 0. The molecule has 1 aliphatic heterocycles. The third-order valence-corrected chi connectivity index (χ3v) is 4.35. The number of hydrogen-bond acceptors (Lipinski definition) is 3. The van der Waals surface area contributed by atoms with Crippen molar-refractivity contribution in [2.45, 2.75) is 6.42 Å². The molecule has 5 heteroatoms. The number of fused-ring (bicyclic) bond motifs is 1. The fourth-order valence-electron chi connectivity index (χ4n) is 2.97. The maximum absolute atomic E-state index is 13.1. The Morgan fingerprint density at radius 1 is 1.12 bits per heavy atom. The lowest BCUT2D eigenvalue weighted by Crippen LogP contribution is -2.27. The molecule has 0 radical (unpaired) electrons. The van der Waals surface area contributed by atoms with Crippen LogP contribution in [-0.2, 0) is 11.2 Å². The zero-order valence-electron chi connectivity index (χ0n) is 14.1. The number of benzene rings is 2. The predicted octanol–water partition coefficient (Wildman–Crippen LogP) is 3.78. The van der Waals surface area contributed by atoms with E-state index in [1.165, 1.54) is 0 Å². The van der Waals surface area contributed by atoms with Crippen LogP contribution in [0.3, 0.4) is 0 Å². The lowest BCUT2D eigenvalue weighted by Gasteiger charge is -2.18. The Bertz CT molecular complexity index is 844. The van der Waals surface area contributed by atoms with Crippen LogP contribution in [0.1, 0.15) is 15.9 Å². The summed E-state index contributed by atoms with van der Waals surface area (Å²) in [7, 11) is 3.68. The van der Waals surface area contributed by atoms with E-state index >= 15 is 0 Å². The quantitative estimate of drug-likeness (QED) is 0.853. The summed E-state index contributed by atoms with van der Waals surface area (Å²) in [5.74, 6) is -0.922. The Morgan fingerprint density at radius 3 is 2.52 bits per heavy atom. The van der Waals surface area contributed by atoms with Crippen molar-refractivity contribution in [2.75, 3.05) is 19.4 Å². The molecule has 0 aromatic heterocycles. The minimum atomic E-state index is -0.566. The highest BCUT2D eigenvalue weighted by molar-refractivity contribution is 6.31. The molecule has 1 amide bonds. The van der Waals surface area contributed by atoms with Crippen molar-refractivity contribution in [2.24, 2.45) is 5.92 Å². The molecule has 1 aliphatic rings. The Labute approximate surface area is 152 Å². The van der Waals surface area contributed by atoms with Crippen molar-refractivity contribution in [1.29, 1.82) is 0 Å². The first-order chi connectivity index (χ1) is 12.0. The normalized spacial score (nSPS) is 18.5. The number of nitrogens with zero attached hydrogens (tertiary/aromatic N) is 1. The third kappa shape index (κ3) is 3.74. The maximum Gasteiger partial charge on any atom is 0.232 e. The van der Waals surface area contributed by atoms with E-state index in [1.54, 1.807) is 29.3 Å². The zero-order chi connectivity index (χ0) is 18.0. The highest BCUT2D eigenvalue weighted by atomic mass is 35.5. The first kappa shape index (κ1) is 17.2. The standard InChI is InChI=1S/C20H19ClN2O2/c1-23(2)12-17-16(10-13-6-4-3-5-7-13)20(25)22-18-11-14(21)8-9-15(18)19(17)24/h3-9,11-12,16H,10H2,1-2H3,(H,22,25). The number of Topliss-reactive ketones (excluding diaryl/α,β-unsaturated/α-hetero) is 1. The Hall–Kier alpha value is -2.59. The van der Waals surface area contributed by atoms with Gasteiger partial charge in [0.05, 0.1) is 11.6 Å². The van der Waals surface area contributed by atoms with Crippen molar-refractivity contribution in [1.82, 2.24) is 4.90 Å². The molecule has 0 aliphatic carbocycles. The Morgan fingerprint density at radius 2 is 1.84 bits per heavy atom. The van der Waals surface area contributed by atoms with Crippen molar-refractivity contribution < 1.29 is 9.59 Å². The van der Waals surface area contributed by atoms with Crippen LogP contribution in [-0.4, -0.2) is 30.7 Å². The summed E-state index contributed by atoms with van der Waals surface area (Å²) >= 11 is 6.03. The second-order valence-corrected chi connectivity index (χ2v) is 6.74. The molecular formula is C20H19ClN2O2. The van der Waals surface area contributed by atoms with E-state index in [0.29, 0.717) is 28.3 Å². The molecule has 0 saturated heterocycles. The summed E-state index contributed by atoms with van der Waals surface area (Å²) < 4.78 is 0. The average molecular weight is 355 g/mol. The smallest absolute Gasteiger partial charge is 0.232 e. The molecule has 2 aromatic rings. The van der Waals surface area contributed by atoms with Gasteiger partial charge >= 0.3 is 0 Å². The second-order valence-electron chi connectivity index (χ2n) is 6.30. The number of hydrogen-bond donors (Lipinski definition) is 1. The van der Waals surface area contributed by atoms with Gasteiger partial charge in [-0.2, -0.15) is 0 Å². The van der Waals surface area contributed by atoms with E-state index in [4.69, 9.17) is 11.6 Å². The number of nitrogens with one attached hydrogen (secondary N) is 1. The summed E-state index contributed by atoms with van der Waals surface area (Å²) in [6.07, 6.45) is 2.19. The van der Waals surface area contributed by atoms with Crippen LogP contribution >= 0.6 is 11.6 Å². The molecule has 0 fully saturated rings. The first-order valence-corrected chi connectivity index (χ1v) is 8.40. The number of amides is 1. The summed E-state index contributed by atoms with van der Waals surface area (Å²) in [5, 5.41) is 3.34. The van der Waals surface area contributed by atoms with Gasteiger partial charge < -0.3 is 10.2 Å². The minimum Gasteiger partial charge on any atom is -0.383 e. The molecule has 1 atom stereocenters. The van der Waals surface area contributed by atoms with Crippen LogP contribution < -0.4 is 5.32 Å². The second kappa shape index (κ2) is 7.11. The monoisotopic (exact) mass is 354 g/mol. The molecule has 25 heavy (non-hydrogen) atoms. The molecule has 0 bridgehead atoms. The van der Waals surface area contributed by atoms with Crippen LogP contribution in [0.4, 0.5) is 5.69 Å².